The Bertz CT molecular complexity index is 533. The molecule has 1 rings (SSSR count). The second-order valence-electron chi connectivity index (χ2n) is 10.9. The van der Waals surface area contributed by atoms with E-state index in [9.17, 15) is 0 Å². The lowest BCUT2D eigenvalue weighted by Crippen LogP contribution is -2.37. The van der Waals surface area contributed by atoms with Crippen molar-refractivity contribution in [1.82, 2.24) is 4.57 Å². The standard InChI is InChI=1S/C32H63N2/c1-4-7-10-12-13-14-15-16-17-18-19-20-21-22-24-26-29-34-31-30-33(32(34)27-9-6-3)28-25-23-11-8-5-2/h30-31H,4-29H2,1-3H3/q+1. The number of nitrogens with zero attached hydrogens (tertiary/aromatic N) is 2. The van der Waals surface area contributed by atoms with Gasteiger partial charge in [0.05, 0.1) is 13.1 Å². The summed E-state index contributed by atoms with van der Waals surface area (Å²) in [6.45, 7) is 9.36. The summed E-state index contributed by atoms with van der Waals surface area (Å²) in [7, 11) is 0. The lowest BCUT2D eigenvalue weighted by Gasteiger charge is -2.06. The number of rotatable bonds is 26. The first-order valence-corrected chi connectivity index (χ1v) is 15.9. The van der Waals surface area contributed by atoms with Crippen LogP contribution in [0.25, 0.3) is 0 Å². The van der Waals surface area contributed by atoms with Gasteiger partial charge in [-0.15, -0.1) is 0 Å². The Morgan fingerprint density at radius 2 is 0.912 bits per heavy atom. The van der Waals surface area contributed by atoms with Gasteiger partial charge in [0.25, 0.3) is 5.82 Å². The van der Waals surface area contributed by atoms with Crippen LogP contribution < -0.4 is 4.57 Å². The number of hydrogen-bond donors (Lipinski definition) is 0. The molecule has 0 saturated carbocycles. The van der Waals surface area contributed by atoms with Crippen LogP contribution in [0.1, 0.15) is 174 Å². The maximum atomic E-state index is 2.57. The fourth-order valence-electron chi connectivity index (χ4n) is 5.24. The van der Waals surface area contributed by atoms with Gasteiger partial charge >= 0.3 is 0 Å². The summed E-state index contributed by atoms with van der Waals surface area (Å²) < 4.78 is 5.14. The van der Waals surface area contributed by atoms with Crippen molar-refractivity contribution in [2.24, 2.45) is 0 Å². The predicted octanol–water partition coefficient (Wildman–Crippen LogP) is 10.4. The summed E-state index contributed by atoms with van der Waals surface area (Å²) >= 11 is 0. The van der Waals surface area contributed by atoms with E-state index in [1.807, 2.05) is 0 Å². The van der Waals surface area contributed by atoms with Crippen molar-refractivity contribution in [3.63, 3.8) is 0 Å². The fourth-order valence-corrected chi connectivity index (χ4v) is 5.24. The molecule has 2 nitrogen and oxygen atoms in total. The third-order valence-electron chi connectivity index (χ3n) is 7.60. The van der Waals surface area contributed by atoms with Crippen LogP contribution in [0.5, 0.6) is 0 Å². The van der Waals surface area contributed by atoms with Crippen molar-refractivity contribution < 1.29 is 4.57 Å². The van der Waals surface area contributed by atoms with E-state index in [4.69, 9.17) is 0 Å². The van der Waals surface area contributed by atoms with Crippen molar-refractivity contribution in [3.8, 4) is 0 Å². The third-order valence-corrected chi connectivity index (χ3v) is 7.60. The van der Waals surface area contributed by atoms with Gasteiger partial charge in [-0.05, 0) is 32.1 Å². The van der Waals surface area contributed by atoms with E-state index >= 15 is 0 Å². The molecule has 1 aromatic heterocycles. The lowest BCUT2D eigenvalue weighted by molar-refractivity contribution is -0.704. The van der Waals surface area contributed by atoms with Crippen LogP contribution in [0, 0.1) is 0 Å². The summed E-state index contributed by atoms with van der Waals surface area (Å²) in [5.41, 5.74) is 0. The summed E-state index contributed by atoms with van der Waals surface area (Å²) in [6, 6.07) is 0. The van der Waals surface area contributed by atoms with E-state index in [0.717, 1.165) is 0 Å². The van der Waals surface area contributed by atoms with E-state index in [1.165, 1.54) is 167 Å². The minimum Gasteiger partial charge on any atom is -0.234 e. The lowest BCUT2D eigenvalue weighted by atomic mass is 10.0. The largest absolute Gasteiger partial charge is 0.256 e. The highest BCUT2D eigenvalue weighted by atomic mass is 15.1. The number of aromatic nitrogens is 2. The van der Waals surface area contributed by atoms with Crippen molar-refractivity contribution >= 4 is 0 Å². The van der Waals surface area contributed by atoms with Crippen molar-refractivity contribution in [2.45, 2.75) is 188 Å². The molecule has 0 fully saturated rings. The molecule has 0 aliphatic heterocycles. The van der Waals surface area contributed by atoms with Gasteiger partial charge in [-0.25, -0.2) is 9.13 Å². The molecule has 0 saturated heterocycles. The van der Waals surface area contributed by atoms with Gasteiger partial charge in [-0.2, -0.15) is 0 Å². The number of hydrogen-bond acceptors (Lipinski definition) is 0. The molecule has 0 radical (unpaired) electrons. The molecule has 34 heavy (non-hydrogen) atoms. The number of unbranched alkanes of at least 4 members (excludes halogenated alkanes) is 20. The fraction of sp³-hybridized carbons (Fsp3) is 0.906. The minimum atomic E-state index is 1.22. The Morgan fingerprint density at radius 1 is 0.500 bits per heavy atom. The molecule has 2 heteroatoms. The van der Waals surface area contributed by atoms with Crippen LogP contribution in [0.4, 0.5) is 0 Å². The van der Waals surface area contributed by atoms with Crippen LogP contribution in [-0.4, -0.2) is 4.57 Å². The first-order valence-electron chi connectivity index (χ1n) is 15.9. The van der Waals surface area contributed by atoms with Gasteiger partial charge < -0.3 is 0 Å². The highest BCUT2D eigenvalue weighted by molar-refractivity contribution is 4.84. The molecule has 200 valence electrons. The van der Waals surface area contributed by atoms with Gasteiger partial charge in [0.1, 0.15) is 12.4 Å². The van der Waals surface area contributed by atoms with Crippen LogP contribution in [0.15, 0.2) is 12.4 Å². The molecule has 0 bridgehead atoms. The molecule has 1 aromatic rings. The van der Waals surface area contributed by atoms with Crippen molar-refractivity contribution in [1.29, 1.82) is 0 Å². The molecular formula is C32H63N2+. The Morgan fingerprint density at radius 3 is 1.38 bits per heavy atom. The van der Waals surface area contributed by atoms with Crippen molar-refractivity contribution in [3.05, 3.63) is 18.2 Å². The normalized spacial score (nSPS) is 11.5. The van der Waals surface area contributed by atoms with Crippen LogP contribution in [0.3, 0.4) is 0 Å². The zero-order chi connectivity index (χ0) is 24.5. The monoisotopic (exact) mass is 475 g/mol. The SMILES string of the molecule is CCCCCCCCCCCCCCCCCCn1cc[n+](CCCCCCC)c1CCCC. The van der Waals surface area contributed by atoms with Crippen molar-refractivity contribution in [2.75, 3.05) is 0 Å². The van der Waals surface area contributed by atoms with Gasteiger partial charge in [-0.1, -0.05) is 136 Å². The number of aryl methyl sites for hydroxylation is 2. The Balaban J connectivity index is 2.05. The van der Waals surface area contributed by atoms with Gasteiger partial charge in [0, 0.05) is 6.42 Å². The van der Waals surface area contributed by atoms with Gasteiger partial charge in [-0.3, -0.25) is 0 Å². The number of imidazole rings is 1. The second-order valence-corrected chi connectivity index (χ2v) is 10.9. The third kappa shape index (κ3) is 16.8. The first-order chi connectivity index (χ1) is 16.8. The summed E-state index contributed by atoms with van der Waals surface area (Å²) in [6.07, 6.45) is 38.6. The summed E-state index contributed by atoms with van der Waals surface area (Å²) in [5, 5.41) is 0. The zero-order valence-electron chi connectivity index (χ0n) is 23.9. The molecule has 1 heterocycles. The highest BCUT2D eigenvalue weighted by Crippen LogP contribution is 2.14. The molecule has 0 aromatic carbocycles. The quantitative estimate of drug-likeness (QED) is 0.0930. The molecule has 0 unspecified atom stereocenters. The Labute approximate surface area is 215 Å². The smallest absolute Gasteiger partial charge is 0.234 e. The topological polar surface area (TPSA) is 8.81 Å². The average Bonchev–Trinajstić information content (AvgIpc) is 3.23. The highest BCUT2D eigenvalue weighted by Gasteiger charge is 2.16. The minimum absolute atomic E-state index is 1.22. The predicted molar refractivity (Wildman–Crippen MR) is 152 cm³/mol. The van der Waals surface area contributed by atoms with Crippen LogP contribution in [-0.2, 0) is 19.5 Å². The molecule has 0 amide bonds. The molecule has 0 N–H and O–H groups in total. The van der Waals surface area contributed by atoms with E-state index in [2.05, 4.69) is 42.3 Å². The van der Waals surface area contributed by atoms with Crippen LogP contribution >= 0.6 is 0 Å². The molecular weight excluding hydrogens is 412 g/mol. The second kappa shape index (κ2) is 23.9. The maximum Gasteiger partial charge on any atom is 0.256 e. The van der Waals surface area contributed by atoms with Gasteiger partial charge in [0.15, 0.2) is 0 Å². The van der Waals surface area contributed by atoms with Gasteiger partial charge in [0.2, 0.25) is 0 Å². The first kappa shape index (κ1) is 31.2. The summed E-state index contributed by atoms with van der Waals surface area (Å²) in [5.74, 6) is 1.58. The maximum absolute atomic E-state index is 2.57. The molecule has 0 aliphatic carbocycles. The molecule has 0 spiro atoms. The van der Waals surface area contributed by atoms with E-state index in [0.29, 0.717) is 0 Å². The molecule has 0 aliphatic rings. The Kier molecular flexibility index (Phi) is 22.0. The Hall–Kier alpha value is -0.790. The average molecular weight is 476 g/mol. The van der Waals surface area contributed by atoms with E-state index < -0.39 is 0 Å². The van der Waals surface area contributed by atoms with E-state index in [1.54, 1.807) is 5.82 Å². The van der Waals surface area contributed by atoms with Crippen LogP contribution in [0.2, 0.25) is 0 Å². The molecule has 0 atom stereocenters. The zero-order valence-corrected chi connectivity index (χ0v) is 23.9. The van der Waals surface area contributed by atoms with E-state index in [-0.39, 0.29) is 0 Å². The summed E-state index contributed by atoms with van der Waals surface area (Å²) in [4.78, 5) is 0.